The first-order valence-electron chi connectivity index (χ1n) is 21.9. The van der Waals surface area contributed by atoms with Crippen molar-refractivity contribution in [2.75, 3.05) is 0 Å². The molecule has 0 atom stereocenters. The van der Waals surface area contributed by atoms with Crippen molar-refractivity contribution >= 4 is 43.6 Å². The van der Waals surface area contributed by atoms with Crippen molar-refractivity contribution in [3.05, 3.63) is 199 Å². The van der Waals surface area contributed by atoms with Crippen LogP contribution in [0.2, 0.25) is 0 Å². The van der Waals surface area contributed by atoms with Gasteiger partial charge >= 0.3 is 0 Å². The fraction of sp³-hybridized carbons (Fsp3) is 0.121. The van der Waals surface area contributed by atoms with Gasteiger partial charge in [-0.15, -0.1) is 0 Å². The predicted molar refractivity (Wildman–Crippen MR) is 261 cm³/mol. The Kier molecular flexibility index (Phi) is 8.23. The van der Waals surface area contributed by atoms with Crippen LogP contribution in [0.15, 0.2) is 188 Å². The second-order valence-corrected chi connectivity index (χ2v) is 18.4. The monoisotopic (exact) mass is 811 g/mol. The van der Waals surface area contributed by atoms with Crippen molar-refractivity contribution in [2.45, 2.75) is 44.9 Å². The first-order valence-corrected chi connectivity index (χ1v) is 21.9. The molecule has 0 aliphatic heterocycles. The van der Waals surface area contributed by atoms with Crippen LogP contribution in [-0.2, 0) is 10.8 Å². The van der Waals surface area contributed by atoms with E-state index in [1.165, 1.54) is 49.5 Å². The average molecular weight is 812 g/mol. The van der Waals surface area contributed by atoms with Gasteiger partial charge in [0.1, 0.15) is 0 Å². The quantitative estimate of drug-likeness (QED) is 0.168. The summed E-state index contributed by atoms with van der Waals surface area (Å²) in [5, 5.41) is 4.72. The van der Waals surface area contributed by atoms with E-state index >= 15 is 0 Å². The fourth-order valence-electron chi connectivity index (χ4n) is 11.0. The van der Waals surface area contributed by atoms with Crippen LogP contribution >= 0.6 is 0 Å². The summed E-state index contributed by atoms with van der Waals surface area (Å²) in [4.78, 5) is 15.4. The van der Waals surface area contributed by atoms with E-state index in [9.17, 15) is 0 Å². The Labute approximate surface area is 367 Å². The van der Waals surface area contributed by atoms with Crippen molar-refractivity contribution < 1.29 is 0 Å². The summed E-state index contributed by atoms with van der Waals surface area (Å²) in [5.74, 6) is 1.85. The molecule has 1 aliphatic rings. The molecule has 63 heavy (non-hydrogen) atoms. The lowest BCUT2D eigenvalue weighted by atomic mass is 9.80. The molecule has 12 rings (SSSR count). The molecule has 5 heteroatoms. The van der Waals surface area contributed by atoms with Gasteiger partial charge in [0.2, 0.25) is 5.95 Å². The van der Waals surface area contributed by atoms with Crippen LogP contribution in [0.5, 0.6) is 0 Å². The highest BCUT2D eigenvalue weighted by atomic mass is 15.2. The van der Waals surface area contributed by atoms with Gasteiger partial charge in [0.25, 0.3) is 0 Å². The van der Waals surface area contributed by atoms with E-state index in [-0.39, 0.29) is 10.8 Å². The molecule has 1 aliphatic carbocycles. The predicted octanol–water partition coefficient (Wildman–Crippen LogP) is 14.7. The van der Waals surface area contributed by atoms with E-state index in [0.29, 0.717) is 17.6 Å². The van der Waals surface area contributed by atoms with Crippen molar-refractivity contribution in [3.8, 4) is 56.7 Å². The van der Waals surface area contributed by atoms with Crippen LogP contribution in [0.3, 0.4) is 0 Å². The molecule has 0 saturated heterocycles. The van der Waals surface area contributed by atoms with Crippen LogP contribution in [0.4, 0.5) is 0 Å². The fourth-order valence-corrected chi connectivity index (χ4v) is 11.0. The van der Waals surface area contributed by atoms with Crippen LogP contribution in [0.25, 0.3) is 100 Å². The van der Waals surface area contributed by atoms with Crippen molar-refractivity contribution in [3.63, 3.8) is 0 Å². The molecule has 0 fully saturated rings. The van der Waals surface area contributed by atoms with Gasteiger partial charge in [-0.2, -0.15) is 9.97 Å². The van der Waals surface area contributed by atoms with E-state index in [1.54, 1.807) is 0 Å². The smallest absolute Gasteiger partial charge is 0.238 e. The van der Waals surface area contributed by atoms with Gasteiger partial charge in [-0.1, -0.05) is 173 Å². The van der Waals surface area contributed by atoms with Crippen molar-refractivity contribution in [1.29, 1.82) is 0 Å². The number of nitrogens with zero attached hydrogens (tertiary/aromatic N) is 5. The van der Waals surface area contributed by atoms with Crippen molar-refractivity contribution in [2.24, 2.45) is 0 Å². The summed E-state index contributed by atoms with van der Waals surface area (Å²) in [7, 11) is 0. The zero-order valence-corrected chi connectivity index (χ0v) is 35.8. The van der Waals surface area contributed by atoms with Crippen LogP contribution in [0, 0.1) is 0 Å². The molecule has 0 unspecified atom stereocenters. The molecule has 3 aromatic heterocycles. The number of hydrogen-bond donors (Lipinski definition) is 0. The Bertz CT molecular complexity index is 3530. The summed E-state index contributed by atoms with van der Waals surface area (Å²) in [5.41, 5.74) is 15.6. The number of para-hydroxylation sites is 2. The molecule has 5 nitrogen and oxygen atoms in total. The number of fused-ring (bicyclic) bond motifs is 8. The van der Waals surface area contributed by atoms with E-state index < -0.39 is 0 Å². The third-order valence-electron chi connectivity index (χ3n) is 13.3. The molecule has 302 valence electrons. The highest BCUT2D eigenvalue weighted by Crippen LogP contribution is 2.53. The molecule has 8 aromatic carbocycles. The van der Waals surface area contributed by atoms with Gasteiger partial charge in [0.05, 0.1) is 22.1 Å². The number of benzene rings is 8. The summed E-state index contributed by atoms with van der Waals surface area (Å²) < 4.78 is 4.65. The Morgan fingerprint density at radius 1 is 0.397 bits per heavy atom. The van der Waals surface area contributed by atoms with E-state index in [0.717, 1.165) is 50.7 Å². The zero-order chi connectivity index (χ0) is 42.5. The summed E-state index contributed by atoms with van der Waals surface area (Å²) >= 11 is 0. The highest BCUT2D eigenvalue weighted by molar-refractivity contribution is 6.28. The molecular formula is C58H45N5. The minimum absolute atomic E-state index is 0.0984. The Morgan fingerprint density at radius 3 is 1.56 bits per heavy atom. The van der Waals surface area contributed by atoms with Gasteiger partial charge < -0.3 is 4.57 Å². The standard InChI is InChI=1S/C58H45N5/c1-57(2)36-58(3,4)53-43(28-17-29-46(53)57)41-24-15-22-39(34-41)40-23-16-25-42(35-40)62-47-30-13-11-26-44(47)51-49(62)32-33-50-52(51)45-27-12-14-31-48(45)63(50)56-60-54(37-18-7-5-8-19-37)59-55(61-56)38-20-9-6-10-21-38/h5-35H,36H2,1-4H3. The first kappa shape index (κ1) is 37.2. The van der Waals surface area contributed by atoms with E-state index in [4.69, 9.17) is 15.0 Å². The Hall–Kier alpha value is -7.63. The van der Waals surface area contributed by atoms with Gasteiger partial charge in [-0.25, -0.2) is 4.98 Å². The normalized spacial score (nSPS) is 14.2. The second kappa shape index (κ2) is 13.9. The molecule has 11 aromatic rings. The van der Waals surface area contributed by atoms with Crippen LogP contribution < -0.4 is 0 Å². The first-order chi connectivity index (χ1) is 30.7. The molecule has 0 N–H and O–H groups in total. The molecule has 0 radical (unpaired) electrons. The van der Waals surface area contributed by atoms with Crippen LogP contribution in [0.1, 0.15) is 45.2 Å². The van der Waals surface area contributed by atoms with Crippen molar-refractivity contribution in [1.82, 2.24) is 24.1 Å². The van der Waals surface area contributed by atoms with Gasteiger partial charge in [-0.05, 0) is 93.1 Å². The van der Waals surface area contributed by atoms with Gasteiger partial charge in [0, 0.05) is 38.4 Å². The molecular weight excluding hydrogens is 767 g/mol. The molecule has 3 heterocycles. The average Bonchev–Trinajstić information content (AvgIpc) is 3.91. The van der Waals surface area contributed by atoms with E-state index in [1.807, 2.05) is 36.4 Å². The lowest BCUT2D eigenvalue weighted by Gasteiger charge is -2.24. The Morgan fingerprint density at radius 2 is 0.905 bits per heavy atom. The van der Waals surface area contributed by atoms with Gasteiger partial charge in [-0.3, -0.25) is 4.57 Å². The maximum absolute atomic E-state index is 5.20. The minimum atomic E-state index is 0.0984. The SMILES string of the molecule is CC1(C)CC(C)(C)c2c(-c3cccc(-c4cccc(-n5c6ccccc6c6c7c8ccccc8n(-c8nc(-c9ccccc9)nc(-c9ccccc9)n8)c7ccc65)c4)c3)cccc21. The summed E-state index contributed by atoms with van der Waals surface area (Å²) in [6.45, 7) is 9.60. The summed E-state index contributed by atoms with van der Waals surface area (Å²) in [6.07, 6.45) is 1.14. The molecule has 0 saturated carbocycles. The zero-order valence-electron chi connectivity index (χ0n) is 35.8. The maximum Gasteiger partial charge on any atom is 0.238 e. The summed E-state index contributed by atoms with van der Waals surface area (Å²) in [6, 6.07) is 67.4. The number of rotatable bonds is 6. The maximum atomic E-state index is 5.20. The second-order valence-electron chi connectivity index (χ2n) is 18.4. The molecule has 0 spiro atoms. The topological polar surface area (TPSA) is 48.5 Å². The molecule has 0 amide bonds. The minimum Gasteiger partial charge on any atom is -0.309 e. The third kappa shape index (κ3) is 5.87. The largest absolute Gasteiger partial charge is 0.309 e. The number of hydrogen-bond acceptors (Lipinski definition) is 3. The third-order valence-corrected chi connectivity index (χ3v) is 13.3. The Balaban J connectivity index is 1.05. The molecule has 0 bridgehead atoms. The van der Waals surface area contributed by atoms with Crippen LogP contribution in [-0.4, -0.2) is 24.1 Å². The number of aromatic nitrogens is 5. The highest BCUT2D eigenvalue weighted by Gasteiger charge is 2.43. The van der Waals surface area contributed by atoms with Gasteiger partial charge in [0.15, 0.2) is 11.6 Å². The lowest BCUT2D eigenvalue weighted by Crippen LogP contribution is -2.18. The van der Waals surface area contributed by atoms with E-state index in [2.05, 4.69) is 188 Å². The lowest BCUT2D eigenvalue weighted by molar-refractivity contribution is 0.403.